The van der Waals surface area contributed by atoms with Crippen LogP contribution in [0, 0.1) is 0 Å². The number of hydrogen-bond acceptors (Lipinski definition) is 4. The third-order valence-electron chi connectivity index (χ3n) is 4.12. The molecule has 1 unspecified atom stereocenters. The normalized spacial score (nSPS) is 18.1. The number of unbranched alkanes of at least 4 members (excludes halogenated alkanes) is 2. The molecular weight excluding hydrogens is 266 g/mol. The van der Waals surface area contributed by atoms with Gasteiger partial charge in [-0.3, -0.25) is 0 Å². The number of rotatable bonds is 8. The lowest BCUT2D eigenvalue weighted by Crippen LogP contribution is -2.25. The number of hydrogen-bond donors (Lipinski definition) is 1. The maximum absolute atomic E-state index is 4.96. The summed E-state index contributed by atoms with van der Waals surface area (Å²) in [5.41, 5.74) is 1.36. The highest BCUT2D eigenvalue weighted by Crippen LogP contribution is 2.37. The number of aryl methyl sites for hydroxylation is 1. The Morgan fingerprint density at radius 2 is 1.95 bits per heavy atom. The van der Waals surface area contributed by atoms with Gasteiger partial charge in [-0.25, -0.2) is 4.98 Å². The van der Waals surface area contributed by atoms with Gasteiger partial charge in [0.05, 0.1) is 5.69 Å². The van der Waals surface area contributed by atoms with Gasteiger partial charge >= 0.3 is 0 Å². The molecule has 0 spiro atoms. The first-order valence-corrected chi connectivity index (χ1v) is 9.03. The molecule has 0 saturated carbocycles. The van der Waals surface area contributed by atoms with Crippen LogP contribution >= 0.6 is 11.3 Å². The predicted molar refractivity (Wildman–Crippen MR) is 88.9 cm³/mol. The lowest BCUT2D eigenvalue weighted by molar-refractivity contribution is 0.501. The monoisotopic (exact) mass is 295 g/mol. The Hall–Kier alpha value is -0.610. The molecule has 1 aliphatic carbocycles. The molecule has 0 radical (unpaired) electrons. The van der Waals surface area contributed by atoms with Gasteiger partial charge in [0.2, 0.25) is 0 Å². The second-order valence-electron chi connectivity index (χ2n) is 5.74. The van der Waals surface area contributed by atoms with E-state index in [1.54, 1.807) is 0 Å². The van der Waals surface area contributed by atoms with E-state index in [4.69, 9.17) is 4.98 Å². The summed E-state index contributed by atoms with van der Waals surface area (Å²) >= 11 is 1.93. The molecule has 0 bridgehead atoms. The SMILES string of the molecule is CCCCN(CCCC)c1nc2c(s1)C(NC)CCC2. The fraction of sp³-hybridized carbons (Fsp3) is 0.812. The minimum absolute atomic E-state index is 0.532. The van der Waals surface area contributed by atoms with Crippen LogP contribution in [-0.2, 0) is 6.42 Å². The van der Waals surface area contributed by atoms with Crippen molar-refractivity contribution in [2.75, 3.05) is 25.0 Å². The third-order valence-corrected chi connectivity index (χ3v) is 5.39. The number of anilines is 1. The summed E-state index contributed by atoms with van der Waals surface area (Å²) in [6, 6.07) is 0.532. The molecule has 20 heavy (non-hydrogen) atoms. The number of nitrogens with one attached hydrogen (secondary N) is 1. The van der Waals surface area contributed by atoms with Gasteiger partial charge in [-0.2, -0.15) is 0 Å². The summed E-state index contributed by atoms with van der Waals surface area (Å²) < 4.78 is 0. The quantitative estimate of drug-likeness (QED) is 0.781. The number of nitrogens with zero attached hydrogens (tertiary/aromatic N) is 2. The molecule has 4 heteroatoms. The van der Waals surface area contributed by atoms with Crippen LogP contribution in [0.1, 0.15) is 69.0 Å². The van der Waals surface area contributed by atoms with Crippen LogP contribution in [0.3, 0.4) is 0 Å². The van der Waals surface area contributed by atoms with Crippen molar-refractivity contribution >= 4 is 16.5 Å². The molecule has 3 nitrogen and oxygen atoms in total. The topological polar surface area (TPSA) is 28.2 Å². The van der Waals surface area contributed by atoms with Gasteiger partial charge in [0.25, 0.3) is 0 Å². The van der Waals surface area contributed by atoms with Crippen LogP contribution < -0.4 is 10.2 Å². The zero-order chi connectivity index (χ0) is 14.4. The molecule has 1 atom stereocenters. The van der Waals surface area contributed by atoms with E-state index in [9.17, 15) is 0 Å². The second kappa shape index (κ2) is 7.99. The van der Waals surface area contributed by atoms with Crippen molar-refractivity contribution in [1.29, 1.82) is 0 Å². The Morgan fingerprint density at radius 3 is 2.55 bits per heavy atom. The van der Waals surface area contributed by atoms with E-state index in [1.165, 1.54) is 60.6 Å². The van der Waals surface area contributed by atoms with E-state index in [-0.39, 0.29) is 0 Å². The first-order valence-electron chi connectivity index (χ1n) is 8.21. The van der Waals surface area contributed by atoms with E-state index in [1.807, 2.05) is 11.3 Å². The minimum atomic E-state index is 0.532. The predicted octanol–water partition coefficient (Wildman–Crippen LogP) is 4.15. The molecule has 0 saturated heterocycles. The van der Waals surface area contributed by atoms with Gasteiger partial charge in [-0.05, 0) is 39.2 Å². The van der Waals surface area contributed by atoms with Crippen LogP contribution in [0.2, 0.25) is 0 Å². The molecule has 1 aliphatic rings. The summed E-state index contributed by atoms with van der Waals surface area (Å²) in [4.78, 5) is 8.97. The minimum Gasteiger partial charge on any atom is -0.348 e. The van der Waals surface area contributed by atoms with E-state index in [2.05, 4.69) is 31.1 Å². The lowest BCUT2D eigenvalue weighted by atomic mass is 9.98. The van der Waals surface area contributed by atoms with Crippen LogP contribution in [0.25, 0.3) is 0 Å². The maximum atomic E-state index is 4.96. The van der Waals surface area contributed by atoms with Gasteiger partial charge < -0.3 is 10.2 Å². The molecule has 1 N–H and O–H groups in total. The molecular formula is C16H29N3S. The summed E-state index contributed by atoms with van der Waals surface area (Å²) in [7, 11) is 2.07. The summed E-state index contributed by atoms with van der Waals surface area (Å²) in [5.74, 6) is 0. The Morgan fingerprint density at radius 1 is 1.25 bits per heavy atom. The van der Waals surface area contributed by atoms with Crippen molar-refractivity contribution in [3.8, 4) is 0 Å². The number of fused-ring (bicyclic) bond motifs is 1. The Bertz CT molecular complexity index is 394. The highest BCUT2D eigenvalue weighted by atomic mass is 32.1. The van der Waals surface area contributed by atoms with Crippen molar-refractivity contribution in [2.45, 2.75) is 64.8 Å². The molecule has 2 rings (SSSR count). The smallest absolute Gasteiger partial charge is 0.185 e. The fourth-order valence-corrected chi connectivity index (χ4v) is 4.13. The van der Waals surface area contributed by atoms with Crippen LogP contribution in [-0.4, -0.2) is 25.1 Å². The molecule has 1 aromatic heterocycles. The van der Waals surface area contributed by atoms with E-state index in [0.717, 1.165) is 13.1 Å². The zero-order valence-corrected chi connectivity index (χ0v) is 14.1. The van der Waals surface area contributed by atoms with Gasteiger partial charge in [0.1, 0.15) is 0 Å². The Balaban J connectivity index is 2.13. The molecule has 0 aliphatic heterocycles. The van der Waals surface area contributed by atoms with Crippen molar-refractivity contribution in [1.82, 2.24) is 10.3 Å². The first-order chi connectivity index (χ1) is 9.80. The van der Waals surface area contributed by atoms with Gasteiger partial charge in [0, 0.05) is 24.0 Å². The van der Waals surface area contributed by atoms with Crippen molar-refractivity contribution < 1.29 is 0 Å². The molecule has 1 heterocycles. The molecule has 0 amide bonds. The standard InChI is InChI=1S/C16H29N3S/c1-4-6-11-19(12-7-5-2)16-18-14-10-8-9-13(17-3)15(14)20-16/h13,17H,4-12H2,1-3H3. The fourth-order valence-electron chi connectivity index (χ4n) is 2.82. The number of aromatic nitrogens is 1. The maximum Gasteiger partial charge on any atom is 0.185 e. The molecule has 0 aromatic carbocycles. The highest BCUT2D eigenvalue weighted by Gasteiger charge is 2.24. The Labute approximate surface area is 127 Å². The third kappa shape index (κ3) is 3.73. The average Bonchev–Trinajstić information content (AvgIpc) is 2.91. The molecule has 114 valence electrons. The second-order valence-corrected chi connectivity index (χ2v) is 6.74. The zero-order valence-electron chi connectivity index (χ0n) is 13.2. The van der Waals surface area contributed by atoms with Gasteiger partial charge in [-0.15, -0.1) is 0 Å². The van der Waals surface area contributed by atoms with Crippen LogP contribution in [0.5, 0.6) is 0 Å². The summed E-state index contributed by atoms with van der Waals surface area (Å²) in [6.45, 7) is 6.85. The first kappa shape index (κ1) is 15.8. The molecule has 1 aromatic rings. The van der Waals surface area contributed by atoms with Crippen molar-refractivity contribution in [3.05, 3.63) is 10.6 Å². The Kier molecular flexibility index (Phi) is 6.30. The average molecular weight is 295 g/mol. The van der Waals surface area contributed by atoms with E-state index < -0.39 is 0 Å². The summed E-state index contributed by atoms with van der Waals surface area (Å²) in [6.07, 6.45) is 8.74. The van der Waals surface area contributed by atoms with E-state index >= 15 is 0 Å². The van der Waals surface area contributed by atoms with Gasteiger partial charge in [-0.1, -0.05) is 38.0 Å². The van der Waals surface area contributed by atoms with Crippen LogP contribution in [0.15, 0.2) is 0 Å². The number of thiazole rings is 1. The highest BCUT2D eigenvalue weighted by molar-refractivity contribution is 7.15. The van der Waals surface area contributed by atoms with Crippen molar-refractivity contribution in [2.24, 2.45) is 0 Å². The van der Waals surface area contributed by atoms with E-state index in [0.29, 0.717) is 6.04 Å². The summed E-state index contributed by atoms with van der Waals surface area (Å²) in [5, 5.41) is 4.71. The van der Waals surface area contributed by atoms with Crippen LogP contribution in [0.4, 0.5) is 5.13 Å². The van der Waals surface area contributed by atoms with Gasteiger partial charge in [0.15, 0.2) is 5.13 Å². The largest absolute Gasteiger partial charge is 0.348 e. The van der Waals surface area contributed by atoms with Crippen molar-refractivity contribution in [3.63, 3.8) is 0 Å². The lowest BCUT2D eigenvalue weighted by Gasteiger charge is -2.21. The molecule has 0 fully saturated rings.